The van der Waals surface area contributed by atoms with Crippen LogP contribution < -0.4 is 15.8 Å². The summed E-state index contributed by atoms with van der Waals surface area (Å²) in [6, 6.07) is 5.70. The number of rotatable bonds is 4. The minimum atomic E-state index is -3.72. The van der Waals surface area contributed by atoms with Gasteiger partial charge in [-0.3, -0.25) is 9.59 Å². The first kappa shape index (κ1) is 15.5. The van der Waals surface area contributed by atoms with Crippen molar-refractivity contribution in [2.45, 2.75) is 24.3 Å². The van der Waals surface area contributed by atoms with Crippen LogP contribution in [0.2, 0.25) is 0 Å². The summed E-state index contributed by atoms with van der Waals surface area (Å²) in [5.41, 5.74) is 0.757. The summed E-state index contributed by atoms with van der Waals surface area (Å²) in [4.78, 5) is 23.1. The highest BCUT2D eigenvalue weighted by Crippen LogP contribution is 2.17. The normalized spacial score (nSPS) is 19.9. The van der Waals surface area contributed by atoms with Gasteiger partial charge in [-0.2, -0.15) is 0 Å². The maximum Gasteiger partial charge on any atom is 0.238 e. The van der Waals surface area contributed by atoms with Crippen LogP contribution in [0.4, 0.5) is 0 Å². The molecule has 1 aromatic carbocycles. The van der Waals surface area contributed by atoms with Crippen LogP contribution in [0, 0.1) is 5.92 Å². The van der Waals surface area contributed by atoms with Crippen LogP contribution in [0.15, 0.2) is 29.2 Å². The van der Waals surface area contributed by atoms with E-state index in [0.29, 0.717) is 6.54 Å². The molecule has 1 aliphatic heterocycles. The quantitative estimate of drug-likeness (QED) is 0.704. The van der Waals surface area contributed by atoms with E-state index in [1.165, 1.54) is 12.1 Å². The molecule has 0 aliphatic carbocycles. The zero-order chi connectivity index (χ0) is 15.6. The van der Waals surface area contributed by atoms with E-state index in [1.807, 2.05) is 0 Å². The second kappa shape index (κ2) is 5.82. The van der Waals surface area contributed by atoms with Gasteiger partial charge in [0.05, 0.1) is 16.9 Å². The van der Waals surface area contributed by atoms with Gasteiger partial charge in [-0.05, 0) is 24.6 Å². The molecule has 2 unspecified atom stereocenters. The first-order valence-corrected chi connectivity index (χ1v) is 8.02. The second-order valence-corrected chi connectivity index (χ2v) is 6.61. The number of amides is 2. The van der Waals surface area contributed by atoms with Gasteiger partial charge in [-0.1, -0.05) is 12.1 Å². The van der Waals surface area contributed by atoms with Crippen molar-refractivity contribution in [1.82, 2.24) is 10.6 Å². The van der Waals surface area contributed by atoms with E-state index in [9.17, 15) is 18.0 Å². The van der Waals surface area contributed by atoms with Crippen molar-refractivity contribution in [2.75, 3.05) is 6.54 Å². The van der Waals surface area contributed by atoms with E-state index < -0.39 is 10.0 Å². The summed E-state index contributed by atoms with van der Waals surface area (Å²) in [5.74, 6) is -0.680. The van der Waals surface area contributed by atoms with Gasteiger partial charge in [0.25, 0.3) is 0 Å². The van der Waals surface area contributed by atoms with E-state index >= 15 is 0 Å². The average Bonchev–Trinajstić information content (AvgIpc) is 2.84. The Morgan fingerprint density at radius 2 is 2.00 bits per heavy atom. The highest BCUT2D eigenvalue weighted by Gasteiger charge is 2.28. The van der Waals surface area contributed by atoms with Crippen molar-refractivity contribution < 1.29 is 18.0 Å². The number of carbonyl (C=O) groups excluding carboxylic acids is 2. The topological polar surface area (TPSA) is 118 Å². The molecule has 0 saturated carbocycles. The van der Waals surface area contributed by atoms with E-state index in [1.54, 1.807) is 19.1 Å². The molecular formula is C13H17N3O4S. The van der Waals surface area contributed by atoms with Gasteiger partial charge < -0.3 is 10.6 Å². The minimum Gasteiger partial charge on any atom is -0.355 e. The molecule has 1 saturated heterocycles. The van der Waals surface area contributed by atoms with Gasteiger partial charge in [0.15, 0.2) is 0 Å². The molecular weight excluding hydrogens is 294 g/mol. The molecule has 2 amide bonds. The lowest BCUT2D eigenvalue weighted by molar-refractivity contribution is -0.127. The minimum absolute atomic E-state index is 0.0235. The van der Waals surface area contributed by atoms with Gasteiger partial charge in [-0.15, -0.1) is 0 Å². The number of nitrogens with two attached hydrogens (primary N) is 1. The van der Waals surface area contributed by atoms with E-state index in [2.05, 4.69) is 10.6 Å². The molecule has 2 rings (SSSR count). The van der Waals surface area contributed by atoms with Crippen molar-refractivity contribution in [3.8, 4) is 0 Å². The summed E-state index contributed by atoms with van der Waals surface area (Å²) in [5, 5.41) is 10.4. The van der Waals surface area contributed by atoms with Crippen molar-refractivity contribution in [3.05, 3.63) is 29.8 Å². The number of primary sulfonamides is 1. The molecule has 0 aromatic heterocycles. The Hall–Kier alpha value is -1.93. The summed E-state index contributed by atoms with van der Waals surface area (Å²) in [7, 11) is -3.72. The Balaban J connectivity index is 2.01. The van der Waals surface area contributed by atoms with Crippen LogP contribution in [-0.4, -0.2) is 26.8 Å². The highest BCUT2D eigenvalue weighted by atomic mass is 32.2. The molecule has 0 bridgehead atoms. The molecule has 1 heterocycles. The molecule has 8 heteroatoms. The number of nitrogens with one attached hydrogen (secondary N) is 2. The van der Waals surface area contributed by atoms with Crippen LogP contribution in [0.3, 0.4) is 0 Å². The lowest BCUT2D eigenvalue weighted by Crippen LogP contribution is -2.33. The number of hydrogen-bond donors (Lipinski definition) is 3. The van der Waals surface area contributed by atoms with Gasteiger partial charge in [0.1, 0.15) is 0 Å². The first-order chi connectivity index (χ1) is 9.77. The fourth-order valence-corrected chi connectivity index (χ4v) is 2.67. The summed E-state index contributed by atoms with van der Waals surface area (Å²) in [6.07, 6.45) is 0.197. The molecule has 1 aliphatic rings. The molecule has 114 valence electrons. The summed E-state index contributed by atoms with van der Waals surface area (Å²) >= 11 is 0. The predicted molar refractivity (Wildman–Crippen MR) is 75.5 cm³/mol. The van der Waals surface area contributed by atoms with Crippen molar-refractivity contribution >= 4 is 21.8 Å². The van der Waals surface area contributed by atoms with Gasteiger partial charge >= 0.3 is 0 Å². The lowest BCUT2D eigenvalue weighted by atomic mass is 10.1. The van der Waals surface area contributed by atoms with Gasteiger partial charge in [0.2, 0.25) is 21.8 Å². The van der Waals surface area contributed by atoms with Crippen LogP contribution in [0.25, 0.3) is 0 Å². The third kappa shape index (κ3) is 3.79. The Kier molecular flexibility index (Phi) is 4.29. The van der Waals surface area contributed by atoms with Gasteiger partial charge in [-0.25, -0.2) is 13.6 Å². The Labute approximate surface area is 123 Å². The second-order valence-electron chi connectivity index (χ2n) is 5.05. The standard InChI is InChI=1S/C13H17N3O4S/c1-8(16-13(18)10-6-12(17)15-7-10)9-2-4-11(5-3-9)21(14,19)20/h2-5,8,10H,6-7H2,1H3,(H,15,17)(H,16,18)(H2,14,19,20). The molecule has 0 spiro atoms. The largest absolute Gasteiger partial charge is 0.355 e. The summed E-state index contributed by atoms with van der Waals surface area (Å²) < 4.78 is 22.3. The van der Waals surface area contributed by atoms with E-state index in [-0.39, 0.29) is 35.1 Å². The Bertz CT molecular complexity index is 654. The summed E-state index contributed by atoms with van der Waals surface area (Å²) in [6.45, 7) is 2.13. The molecule has 4 N–H and O–H groups in total. The highest BCUT2D eigenvalue weighted by molar-refractivity contribution is 7.89. The molecule has 7 nitrogen and oxygen atoms in total. The van der Waals surface area contributed by atoms with Crippen LogP contribution in [0.1, 0.15) is 24.9 Å². The van der Waals surface area contributed by atoms with Crippen LogP contribution in [0.5, 0.6) is 0 Å². The molecule has 0 radical (unpaired) electrons. The van der Waals surface area contributed by atoms with Crippen molar-refractivity contribution in [3.63, 3.8) is 0 Å². The van der Waals surface area contributed by atoms with Crippen molar-refractivity contribution in [2.24, 2.45) is 11.1 Å². The number of sulfonamides is 1. The molecule has 1 aromatic rings. The Morgan fingerprint density at radius 1 is 1.38 bits per heavy atom. The Morgan fingerprint density at radius 3 is 2.48 bits per heavy atom. The molecule has 2 atom stereocenters. The average molecular weight is 311 g/mol. The number of hydrogen-bond acceptors (Lipinski definition) is 4. The number of benzene rings is 1. The fraction of sp³-hybridized carbons (Fsp3) is 0.385. The first-order valence-electron chi connectivity index (χ1n) is 6.47. The van der Waals surface area contributed by atoms with Crippen LogP contribution in [-0.2, 0) is 19.6 Å². The zero-order valence-corrected chi connectivity index (χ0v) is 12.3. The van der Waals surface area contributed by atoms with Crippen molar-refractivity contribution in [1.29, 1.82) is 0 Å². The third-order valence-corrected chi connectivity index (χ3v) is 4.34. The maximum absolute atomic E-state index is 12.0. The SMILES string of the molecule is CC(NC(=O)C1CNC(=O)C1)c1ccc(S(N)(=O)=O)cc1. The van der Waals surface area contributed by atoms with Gasteiger partial charge in [0, 0.05) is 13.0 Å². The molecule has 21 heavy (non-hydrogen) atoms. The van der Waals surface area contributed by atoms with Crippen LogP contribution >= 0.6 is 0 Å². The monoisotopic (exact) mass is 311 g/mol. The third-order valence-electron chi connectivity index (χ3n) is 3.42. The molecule has 1 fully saturated rings. The lowest BCUT2D eigenvalue weighted by Gasteiger charge is -2.17. The number of carbonyl (C=O) groups is 2. The maximum atomic E-state index is 12.0. The fourth-order valence-electron chi connectivity index (χ4n) is 2.15. The predicted octanol–water partition coefficient (Wildman–Crippen LogP) is -0.353. The van der Waals surface area contributed by atoms with E-state index in [0.717, 1.165) is 5.56 Å². The zero-order valence-electron chi connectivity index (χ0n) is 11.5. The smallest absolute Gasteiger partial charge is 0.238 e. The van der Waals surface area contributed by atoms with E-state index in [4.69, 9.17) is 5.14 Å².